The number of ketones is 1. The van der Waals surface area contributed by atoms with Gasteiger partial charge >= 0.3 is 0 Å². The average molecular weight is 292 g/mol. The van der Waals surface area contributed by atoms with Gasteiger partial charge in [0.2, 0.25) is 0 Å². The van der Waals surface area contributed by atoms with Crippen LogP contribution < -0.4 is 0 Å². The molecule has 0 fully saturated rings. The summed E-state index contributed by atoms with van der Waals surface area (Å²) in [7, 11) is 0. The van der Waals surface area contributed by atoms with E-state index in [1.165, 1.54) is 17.4 Å². The number of Topliss-reactive ketones (excluding diaryl/α,β-unsaturated/α-hetero) is 1. The Morgan fingerprint density at radius 1 is 1.12 bits per heavy atom. The molecule has 88 valence electrons. The van der Waals surface area contributed by atoms with E-state index in [1.54, 1.807) is 0 Å². The smallest absolute Gasteiger partial charge is 0.179 e. The molecule has 0 saturated carbocycles. The van der Waals surface area contributed by atoms with Crippen LogP contribution in [0.15, 0.2) is 22.7 Å². The molecule has 0 radical (unpaired) electrons. The normalized spacial score (nSPS) is 16.6. The summed E-state index contributed by atoms with van der Waals surface area (Å²) in [5.41, 5.74) is 3.14. The van der Waals surface area contributed by atoms with E-state index in [9.17, 15) is 4.79 Å². The summed E-state index contributed by atoms with van der Waals surface area (Å²) in [6.07, 6.45) is 5.06. The second-order valence-electron chi connectivity index (χ2n) is 4.65. The Labute approximate surface area is 109 Å². The zero-order valence-electron chi connectivity index (χ0n) is 9.55. The van der Waals surface area contributed by atoms with E-state index in [-0.39, 0.29) is 5.78 Å². The molecule has 0 aliphatic heterocycles. The molecule has 1 aliphatic rings. The van der Waals surface area contributed by atoms with E-state index >= 15 is 0 Å². The number of rotatable bonds is 0. The van der Waals surface area contributed by atoms with Crippen molar-refractivity contribution < 1.29 is 4.79 Å². The third kappa shape index (κ3) is 1.93. The van der Waals surface area contributed by atoms with Crippen LogP contribution in [-0.4, -0.2) is 10.8 Å². The fourth-order valence-electron chi connectivity index (χ4n) is 2.61. The predicted octanol–water partition coefficient (Wildman–Crippen LogP) is 4.23. The minimum absolute atomic E-state index is 0.270. The molecule has 2 aromatic rings. The Kier molecular flexibility index (Phi) is 2.79. The van der Waals surface area contributed by atoms with Crippen LogP contribution in [0, 0.1) is 0 Å². The van der Waals surface area contributed by atoms with Crippen LogP contribution in [0.2, 0.25) is 0 Å². The van der Waals surface area contributed by atoms with E-state index < -0.39 is 0 Å². The average Bonchev–Trinajstić information content (AvgIpc) is 2.64. The molecule has 3 rings (SSSR count). The van der Waals surface area contributed by atoms with Crippen LogP contribution in [0.25, 0.3) is 10.9 Å². The number of aromatic nitrogens is 1. The van der Waals surface area contributed by atoms with Gasteiger partial charge < -0.3 is 4.98 Å². The van der Waals surface area contributed by atoms with Gasteiger partial charge in [-0.25, -0.2) is 0 Å². The van der Waals surface area contributed by atoms with Gasteiger partial charge in [-0.1, -0.05) is 22.4 Å². The van der Waals surface area contributed by atoms with Crippen LogP contribution in [0.5, 0.6) is 0 Å². The summed E-state index contributed by atoms with van der Waals surface area (Å²) in [5.74, 6) is 0.270. The van der Waals surface area contributed by atoms with Gasteiger partial charge in [0.25, 0.3) is 0 Å². The molecule has 2 nitrogen and oxygen atoms in total. The molecular weight excluding hydrogens is 278 g/mol. The van der Waals surface area contributed by atoms with Crippen molar-refractivity contribution in [1.29, 1.82) is 0 Å². The van der Waals surface area contributed by atoms with Crippen LogP contribution in [0.1, 0.15) is 41.7 Å². The van der Waals surface area contributed by atoms with Gasteiger partial charge in [-0.05, 0) is 43.0 Å². The van der Waals surface area contributed by atoms with Crippen LogP contribution in [0.4, 0.5) is 0 Å². The largest absolute Gasteiger partial charge is 0.352 e. The highest BCUT2D eigenvalue weighted by atomic mass is 79.9. The van der Waals surface area contributed by atoms with Crippen LogP contribution >= 0.6 is 15.9 Å². The van der Waals surface area contributed by atoms with Crippen molar-refractivity contribution in [3.63, 3.8) is 0 Å². The molecule has 1 aliphatic carbocycles. The van der Waals surface area contributed by atoms with Gasteiger partial charge in [-0.15, -0.1) is 0 Å². The monoisotopic (exact) mass is 291 g/mol. The lowest BCUT2D eigenvalue weighted by molar-refractivity contribution is 0.0972. The first-order valence-corrected chi connectivity index (χ1v) is 6.88. The molecule has 0 saturated heterocycles. The minimum atomic E-state index is 0.270. The summed E-state index contributed by atoms with van der Waals surface area (Å²) < 4.78 is 1.07. The maximum absolute atomic E-state index is 12.1. The number of hydrogen-bond acceptors (Lipinski definition) is 1. The van der Waals surface area contributed by atoms with E-state index in [2.05, 4.69) is 27.0 Å². The van der Waals surface area contributed by atoms with E-state index in [0.29, 0.717) is 6.42 Å². The van der Waals surface area contributed by atoms with E-state index in [0.717, 1.165) is 34.9 Å². The molecule has 0 amide bonds. The number of halogens is 1. The van der Waals surface area contributed by atoms with Gasteiger partial charge in [0.15, 0.2) is 5.78 Å². The van der Waals surface area contributed by atoms with Gasteiger partial charge in [0, 0.05) is 21.8 Å². The molecule has 1 N–H and O–H groups in total. The number of carbonyl (C=O) groups is 1. The van der Waals surface area contributed by atoms with Crippen molar-refractivity contribution in [2.24, 2.45) is 0 Å². The molecule has 0 unspecified atom stereocenters. The molecule has 1 aromatic heterocycles. The first-order chi connectivity index (χ1) is 8.25. The highest BCUT2D eigenvalue weighted by Gasteiger charge is 2.19. The lowest BCUT2D eigenvalue weighted by Crippen LogP contribution is -2.06. The molecule has 17 heavy (non-hydrogen) atoms. The van der Waals surface area contributed by atoms with E-state index in [1.807, 2.05) is 12.1 Å². The molecule has 3 heteroatoms. The zero-order valence-corrected chi connectivity index (χ0v) is 11.1. The van der Waals surface area contributed by atoms with E-state index in [4.69, 9.17) is 0 Å². The highest BCUT2D eigenvalue weighted by molar-refractivity contribution is 9.10. The highest BCUT2D eigenvalue weighted by Crippen LogP contribution is 2.29. The molecular formula is C14H14BrNO. The van der Waals surface area contributed by atoms with Crippen molar-refractivity contribution >= 4 is 32.6 Å². The number of aryl methyl sites for hydroxylation is 1. The summed E-state index contributed by atoms with van der Waals surface area (Å²) in [6, 6.07) is 6.16. The van der Waals surface area contributed by atoms with Gasteiger partial charge in [0.1, 0.15) is 0 Å². The third-order valence-electron chi connectivity index (χ3n) is 3.48. The summed E-state index contributed by atoms with van der Waals surface area (Å²) in [6.45, 7) is 0. The quantitative estimate of drug-likeness (QED) is 0.774. The van der Waals surface area contributed by atoms with Gasteiger partial charge in [0.05, 0.1) is 5.69 Å². The third-order valence-corrected chi connectivity index (χ3v) is 3.97. The lowest BCUT2D eigenvalue weighted by Gasteiger charge is -2.08. The maximum atomic E-state index is 12.1. The Bertz CT molecular complexity index is 585. The van der Waals surface area contributed by atoms with Crippen molar-refractivity contribution in [3.8, 4) is 0 Å². The second-order valence-corrected chi connectivity index (χ2v) is 5.57. The fraction of sp³-hybridized carbons (Fsp3) is 0.357. The Morgan fingerprint density at radius 2 is 1.94 bits per heavy atom. The van der Waals surface area contributed by atoms with Crippen LogP contribution in [-0.2, 0) is 6.42 Å². The van der Waals surface area contributed by atoms with Crippen molar-refractivity contribution in [2.75, 3.05) is 0 Å². The lowest BCUT2D eigenvalue weighted by atomic mass is 9.96. The van der Waals surface area contributed by atoms with Crippen LogP contribution in [0.3, 0.4) is 0 Å². The minimum Gasteiger partial charge on any atom is -0.352 e. The number of nitrogens with one attached hydrogen (secondary N) is 1. The van der Waals surface area contributed by atoms with Crippen molar-refractivity contribution in [3.05, 3.63) is 33.9 Å². The molecule has 1 aromatic carbocycles. The molecule has 0 atom stereocenters. The number of H-pyrrole nitrogens is 1. The Hall–Kier alpha value is -1.09. The predicted molar refractivity (Wildman–Crippen MR) is 72.5 cm³/mol. The van der Waals surface area contributed by atoms with Gasteiger partial charge in [-0.2, -0.15) is 0 Å². The van der Waals surface area contributed by atoms with Gasteiger partial charge in [-0.3, -0.25) is 4.79 Å². The second kappa shape index (κ2) is 4.30. The molecule has 1 heterocycles. The molecule has 0 spiro atoms. The maximum Gasteiger partial charge on any atom is 0.179 e. The van der Waals surface area contributed by atoms with Crippen molar-refractivity contribution in [1.82, 2.24) is 4.98 Å². The number of hydrogen-bond donors (Lipinski definition) is 1. The topological polar surface area (TPSA) is 32.9 Å². The fourth-order valence-corrected chi connectivity index (χ4v) is 2.97. The summed E-state index contributed by atoms with van der Waals surface area (Å²) in [5, 5.41) is 1.20. The number of aromatic amines is 1. The zero-order chi connectivity index (χ0) is 11.8. The molecule has 0 bridgehead atoms. The SMILES string of the molecule is O=C1CCCCCc2c1[nH]c1ccc(Br)cc21. The number of benzene rings is 1. The number of fused-ring (bicyclic) bond motifs is 3. The Morgan fingerprint density at radius 3 is 2.82 bits per heavy atom. The summed E-state index contributed by atoms with van der Waals surface area (Å²) >= 11 is 3.50. The summed E-state index contributed by atoms with van der Waals surface area (Å²) in [4.78, 5) is 15.4. The number of carbonyl (C=O) groups excluding carboxylic acids is 1. The first kappa shape index (κ1) is 11.0. The standard InChI is InChI=1S/C14H14BrNO/c15-9-6-7-12-11(8-9)10-4-2-1-3-5-13(17)14(10)16-12/h6-8,16H,1-5H2. The first-order valence-electron chi connectivity index (χ1n) is 6.09. The van der Waals surface area contributed by atoms with Crippen molar-refractivity contribution in [2.45, 2.75) is 32.1 Å². The Balaban J connectivity index is 2.24.